The Kier molecular flexibility index (Phi) is 2.78. The molecule has 3 nitrogen and oxygen atoms in total. The molecule has 0 spiro atoms. The number of hydrogen-bond donors (Lipinski definition) is 0. The van der Waals surface area contributed by atoms with E-state index in [1.54, 1.807) is 0 Å². The maximum absolute atomic E-state index is 13.0. The molecule has 3 rings (SSSR count). The van der Waals surface area contributed by atoms with Crippen molar-refractivity contribution in [1.82, 2.24) is 0 Å². The van der Waals surface area contributed by atoms with Gasteiger partial charge in [-0.1, -0.05) is 60.7 Å². The minimum absolute atomic E-state index is 0.0161. The van der Waals surface area contributed by atoms with Crippen molar-refractivity contribution in [3.8, 4) is 0 Å². The molecule has 0 unspecified atom stereocenters. The zero-order chi connectivity index (χ0) is 14.2. The minimum Gasteiger partial charge on any atom is -0.293 e. The monoisotopic (exact) mass is 264 g/mol. The Morgan fingerprint density at radius 2 is 1.05 bits per heavy atom. The molecule has 0 aromatic heterocycles. The van der Waals surface area contributed by atoms with E-state index in [1.165, 1.54) is 0 Å². The van der Waals surface area contributed by atoms with Gasteiger partial charge in [-0.3, -0.25) is 4.79 Å². The zero-order valence-corrected chi connectivity index (χ0v) is 11.6. The fourth-order valence-corrected chi connectivity index (χ4v) is 2.67. The summed E-state index contributed by atoms with van der Waals surface area (Å²) in [6, 6.07) is 19.2. The summed E-state index contributed by atoms with van der Waals surface area (Å²) in [4.78, 5) is 13.0. The van der Waals surface area contributed by atoms with Crippen LogP contribution in [-0.4, -0.2) is 5.78 Å². The van der Waals surface area contributed by atoms with Crippen LogP contribution in [0.2, 0.25) is 0 Å². The van der Waals surface area contributed by atoms with Crippen LogP contribution in [0.4, 0.5) is 0 Å². The highest BCUT2D eigenvalue weighted by atomic mass is 16.1. The molecule has 0 saturated carbocycles. The van der Waals surface area contributed by atoms with Crippen LogP contribution in [0, 0.1) is 0 Å². The Morgan fingerprint density at radius 3 is 1.40 bits per heavy atom. The second-order valence-corrected chi connectivity index (χ2v) is 5.41. The minimum atomic E-state index is -0.897. The Bertz CT molecular complexity index is 608. The van der Waals surface area contributed by atoms with Crippen molar-refractivity contribution in [2.45, 2.75) is 24.9 Å². The van der Waals surface area contributed by atoms with Gasteiger partial charge < -0.3 is 0 Å². The van der Waals surface area contributed by atoms with E-state index in [4.69, 9.17) is 0 Å². The molecule has 2 aromatic rings. The SMILES string of the molecule is C[C@]1(c2ccccc2)N=N[C@@](C)(c2ccccc2)C1=O. The van der Waals surface area contributed by atoms with Crippen molar-refractivity contribution in [2.24, 2.45) is 10.2 Å². The molecule has 2 aromatic carbocycles. The Labute approximate surface area is 118 Å². The summed E-state index contributed by atoms with van der Waals surface area (Å²) in [6.07, 6.45) is 0. The van der Waals surface area contributed by atoms with Gasteiger partial charge >= 0.3 is 0 Å². The van der Waals surface area contributed by atoms with Crippen LogP contribution in [0.3, 0.4) is 0 Å². The first kappa shape index (κ1) is 12.7. The normalized spacial score (nSPS) is 28.8. The fourth-order valence-electron chi connectivity index (χ4n) is 2.67. The maximum atomic E-state index is 13.0. The highest BCUT2D eigenvalue weighted by molar-refractivity contribution is 5.99. The number of rotatable bonds is 2. The molecule has 0 fully saturated rings. The summed E-state index contributed by atoms with van der Waals surface area (Å²) in [7, 11) is 0. The molecule has 1 aliphatic heterocycles. The summed E-state index contributed by atoms with van der Waals surface area (Å²) < 4.78 is 0. The Balaban J connectivity index is 2.06. The number of hydrogen-bond acceptors (Lipinski definition) is 3. The first-order valence-electron chi connectivity index (χ1n) is 6.67. The third-order valence-electron chi connectivity index (χ3n) is 4.01. The second-order valence-electron chi connectivity index (χ2n) is 5.41. The predicted octanol–water partition coefficient (Wildman–Crippen LogP) is 3.85. The molecule has 0 saturated heterocycles. The molecular weight excluding hydrogens is 248 g/mol. The lowest BCUT2D eigenvalue weighted by molar-refractivity contribution is -0.126. The van der Waals surface area contributed by atoms with Crippen LogP contribution in [0.25, 0.3) is 0 Å². The molecule has 0 bridgehead atoms. The summed E-state index contributed by atoms with van der Waals surface area (Å²) in [5.74, 6) is 0.0161. The van der Waals surface area contributed by atoms with Crippen molar-refractivity contribution in [2.75, 3.05) is 0 Å². The van der Waals surface area contributed by atoms with Gasteiger partial charge in [0.05, 0.1) is 0 Å². The third-order valence-corrected chi connectivity index (χ3v) is 4.01. The van der Waals surface area contributed by atoms with Crippen molar-refractivity contribution in [1.29, 1.82) is 0 Å². The van der Waals surface area contributed by atoms with Gasteiger partial charge in [0.25, 0.3) is 0 Å². The van der Waals surface area contributed by atoms with Gasteiger partial charge in [-0.15, -0.1) is 0 Å². The average Bonchev–Trinajstić information content (AvgIpc) is 2.76. The molecular formula is C17H16N2O. The Morgan fingerprint density at radius 1 is 0.700 bits per heavy atom. The quantitative estimate of drug-likeness (QED) is 0.812. The summed E-state index contributed by atoms with van der Waals surface area (Å²) in [5.41, 5.74) is -0.0284. The van der Waals surface area contributed by atoms with Gasteiger partial charge in [0.2, 0.25) is 0 Å². The third kappa shape index (κ3) is 1.70. The lowest BCUT2D eigenvalue weighted by Gasteiger charge is -2.24. The number of Topliss-reactive ketones (excluding diaryl/α,β-unsaturated/α-hetero) is 1. The first-order chi connectivity index (χ1) is 9.57. The average molecular weight is 264 g/mol. The number of ketones is 1. The molecule has 100 valence electrons. The van der Waals surface area contributed by atoms with Gasteiger partial charge in [-0.05, 0) is 25.0 Å². The lowest BCUT2D eigenvalue weighted by Crippen LogP contribution is -2.38. The number of carbonyl (C=O) groups is 1. The lowest BCUT2D eigenvalue weighted by atomic mass is 9.77. The highest BCUT2D eigenvalue weighted by Crippen LogP contribution is 2.44. The van der Waals surface area contributed by atoms with Crippen LogP contribution >= 0.6 is 0 Å². The first-order valence-corrected chi connectivity index (χ1v) is 6.67. The van der Waals surface area contributed by atoms with Gasteiger partial charge in [0, 0.05) is 0 Å². The van der Waals surface area contributed by atoms with Crippen LogP contribution < -0.4 is 0 Å². The molecule has 1 heterocycles. The second kappa shape index (κ2) is 4.37. The number of benzene rings is 2. The maximum Gasteiger partial charge on any atom is 0.200 e. The molecule has 1 aliphatic rings. The number of carbonyl (C=O) groups excluding carboxylic acids is 1. The van der Waals surface area contributed by atoms with Crippen molar-refractivity contribution < 1.29 is 4.79 Å². The van der Waals surface area contributed by atoms with E-state index in [1.807, 2.05) is 74.5 Å². The molecule has 2 atom stereocenters. The fraction of sp³-hybridized carbons (Fsp3) is 0.235. The smallest absolute Gasteiger partial charge is 0.200 e. The largest absolute Gasteiger partial charge is 0.293 e. The van der Waals surface area contributed by atoms with Crippen molar-refractivity contribution in [3.63, 3.8) is 0 Å². The van der Waals surface area contributed by atoms with E-state index in [9.17, 15) is 4.79 Å². The van der Waals surface area contributed by atoms with Gasteiger partial charge in [-0.25, -0.2) is 0 Å². The van der Waals surface area contributed by atoms with Crippen LogP contribution in [0.5, 0.6) is 0 Å². The molecule has 0 aliphatic carbocycles. The molecule has 0 amide bonds. The van der Waals surface area contributed by atoms with Crippen molar-refractivity contribution >= 4 is 5.78 Å². The van der Waals surface area contributed by atoms with Gasteiger partial charge in [-0.2, -0.15) is 10.2 Å². The van der Waals surface area contributed by atoms with Crippen LogP contribution in [-0.2, 0) is 15.9 Å². The molecule has 20 heavy (non-hydrogen) atoms. The summed E-state index contributed by atoms with van der Waals surface area (Å²) in [5, 5.41) is 8.65. The highest BCUT2D eigenvalue weighted by Gasteiger charge is 2.52. The summed E-state index contributed by atoms with van der Waals surface area (Å²) >= 11 is 0. The molecule has 0 N–H and O–H groups in total. The Hall–Kier alpha value is -2.29. The van der Waals surface area contributed by atoms with E-state index >= 15 is 0 Å². The van der Waals surface area contributed by atoms with Crippen LogP contribution in [0.1, 0.15) is 25.0 Å². The van der Waals surface area contributed by atoms with E-state index in [0.29, 0.717) is 0 Å². The van der Waals surface area contributed by atoms with Gasteiger partial charge in [0.15, 0.2) is 16.9 Å². The van der Waals surface area contributed by atoms with E-state index in [-0.39, 0.29) is 5.78 Å². The van der Waals surface area contributed by atoms with E-state index in [2.05, 4.69) is 10.2 Å². The topological polar surface area (TPSA) is 41.8 Å². The van der Waals surface area contributed by atoms with E-state index < -0.39 is 11.1 Å². The standard InChI is InChI=1S/C17H16N2O/c1-16(13-9-5-3-6-10-13)15(20)17(2,19-18-16)14-11-7-4-8-12-14/h3-12H,1-2H3/t16-,17+. The molecule has 0 radical (unpaired) electrons. The molecule has 3 heteroatoms. The van der Waals surface area contributed by atoms with Gasteiger partial charge in [0.1, 0.15) is 0 Å². The predicted molar refractivity (Wildman–Crippen MR) is 77.5 cm³/mol. The number of nitrogens with zero attached hydrogens (tertiary/aromatic N) is 2. The van der Waals surface area contributed by atoms with Crippen LogP contribution in [0.15, 0.2) is 70.9 Å². The number of azo groups is 1. The van der Waals surface area contributed by atoms with E-state index in [0.717, 1.165) is 11.1 Å². The summed E-state index contributed by atoms with van der Waals surface area (Å²) in [6.45, 7) is 3.67. The zero-order valence-electron chi connectivity index (χ0n) is 11.6. The van der Waals surface area contributed by atoms with Crippen molar-refractivity contribution in [3.05, 3.63) is 71.8 Å².